The van der Waals surface area contributed by atoms with Crippen molar-refractivity contribution in [2.75, 3.05) is 25.5 Å². The zero-order valence-electron chi connectivity index (χ0n) is 18.7. The summed E-state index contributed by atoms with van der Waals surface area (Å²) in [6.45, 7) is 3.85. The number of benzene rings is 1. The Hall–Kier alpha value is -3.92. The predicted molar refractivity (Wildman–Crippen MR) is 123 cm³/mol. The van der Waals surface area contributed by atoms with E-state index in [0.29, 0.717) is 22.8 Å². The normalized spacial score (nSPS) is 16.9. The van der Waals surface area contributed by atoms with Crippen LogP contribution in [0.3, 0.4) is 0 Å². The van der Waals surface area contributed by atoms with E-state index in [1.54, 1.807) is 29.3 Å². The lowest BCUT2D eigenvalue weighted by molar-refractivity contribution is -0.133. The highest BCUT2D eigenvalue weighted by Gasteiger charge is 2.27. The molecular weight excluding hydrogens is 442 g/mol. The topological polar surface area (TPSA) is 99.3 Å². The molecule has 0 aliphatic carbocycles. The molecule has 0 radical (unpaired) electrons. The van der Waals surface area contributed by atoms with Crippen LogP contribution in [0.15, 0.2) is 48.7 Å². The Bertz CT molecular complexity index is 1190. The molecule has 0 spiro atoms. The molecule has 1 unspecified atom stereocenters. The molecule has 34 heavy (non-hydrogen) atoms. The Morgan fingerprint density at radius 3 is 2.50 bits per heavy atom. The number of pyridine rings is 2. The van der Waals surface area contributed by atoms with Gasteiger partial charge in [0.25, 0.3) is 5.91 Å². The predicted octanol–water partition coefficient (Wildman–Crippen LogP) is 2.85. The quantitative estimate of drug-likeness (QED) is 0.549. The third kappa shape index (κ3) is 4.86. The number of carbonyl (C=O) groups excluding carboxylic acids is 2. The summed E-state index contributed by atoms with van der Waals surface area (Å²) < 4.78 is 28.3. The van der Waals surface area contributed by atoms with Crippen molar-refractivity contribution in [3.05, 3.63) is 71.6 Å². The molecule has 1 atom stereocenters. The highest BCUT2D eigenvalue weighted by atomic mass is 19.1. The van der Waals surface area contributed by atoms with Gasteiger partial charge < -0.3 is 20.9 Å². The molecule has 176 valence electrons. The van der Waals surface area contributed by atoms with Crippen LogP contribution < -0.4 is 16.0 Å². The molecular formula is C24H24F2N6O2. The minimum Gasteiger partial charge on any atom is -0.346 e. The summed E-state index contributed by atoms with van der Waals surface area (Å²) in [5.74, 6) is -1.01. The van der Waals surface area contributed by atoms with E-state index < -0.39 is 11.6 Å². The molecule has 2 aliphatic heterocycles. The third-order valence-electron chi connectivity index (χ3n) is 5.53. The van der Waals surface area contributed by atoms with Crippen LogP contribution in [-0.2, 0) is 11.3 Å². The first-order valence-corrected chi connectivity index (χ1v) is 10.8. The van der Waals surface area contributed by atoms with Crippen LogP contribution in [-0.4, -0.2) is 52.9 Å². The molecule has 4 heterocycles. The summed E-state index contributed by atoms with van der Waals surface area (Å²) in [7, 11) is 1.83. The molecule has 10 heteroatoms. The van der Waals surface area contributed by atoms with Gasteiger partial charge in [-0.05, 0) is 37.3 Å². The van der Waals surface area contributed by atoms with Crippen molar-refractivity contribution < 1.29 is 18.4 Å². The molecule has 8 nitrogen and oxygen atoms in total. The maximum atomic E-state index is 14.1. The van der Waals surface area contributed by atoms with Crippen molar-refractivity contribution in [1.82, 2.24) is 25.5 Å². The number of fused-ring (bicyclic) bond motifs is 1. The number of rotatable bonds is 3. The molecule has 2 amide bonds. The molecule has 0 bridgehead atoms. The van der Waals surface area contributed by atoms with Gasteiger partial charge in [0.15, 0.2) is 0 Å². The third-order valence-corrected chi connectivity index (χ3v) is 5.53. The van der Waals surface area contributed by atoms with Gasteiger partial charge in [-0.15, -0.1) is 0 Å². The standard InChI is InChI=1S/C18H12F2N4O.C6H12N2O/c19-10-4-3-5-11(20)16(10)12-8-13(24-15-6-1-2-7-21-15)17-14(23-12)9-22-18(17)25;1-5-6(9)8(2)4-3-7-5/h1-8H,9H2,(H,22,25)(H,21,23,24);5,7H,3-4H2,1-2H3. The molecule has 5 rings (SSSR count). The highest BCUT2D eigenvalue weighted by Crippen LogP contribution is 2.32. The summed E-state index contributed by atoms with van der Waals surface area (Å²) in [5, 5.41) is 8.77. The maximum absolute atomic E-state index is 14.1. The molecule has 1 aromatic carbocycles. The van der Waals surface area contributed by atoms with E-state index in [2.05, 4.69) is 25.9 Å². The van der Waals surface area contributed by atoms with Crippen molar-refractivity contribution in [2.45, 2.75) is 19.5 Å². The van der Waals surface area contributed by atoms with Crippen LogP contribution in [0.5, 0.6) is 0 Å². The summed E-state index contributed by atoms with van der Waals surface area (Å²) in [4.78, 5) is 33.3. The van der Waals surface area contributed by atoms with E-state index in [1.807, 2.05) is 14.0 Å². The number of piperazine rings is 1. The van der Waals surface area contributed by atoms with Crippen LogP contribution in [0.25, 0.3) is 11.3 Å². The van der Waals surface area contributed by atoms with Gasteiger partial charge in [-0.25, -0.2) is 18.7 Å². The second-order valence-corrected chi connectivity index (χ2v) is 7.93. The molecule has 0 saturated carbocycles. The average Bonchev–Trinajstić information content (AvgIpc) is 3.19. The van der Waals surface area contributed by atoms with Gasteiger partial charge >= 0.3 is 0 Å². The summed E-state index contributed by atoms with van der Waals surface area (Å²) in [6, 6.07) is 10.4. The fraction of sp³-hybridized carbons (Fsp3) is 0.250. The first kappa shape index (κ1) is 23.2. The average molecular weight is 466 g/mol. The number of hydrogen-bond acceptors (Lipinski definition) is 6. The minimum atomic E-state index is -0.714. The van der Waals surface area contributed by atoms with E-state index in [9.17, 15) is 18.4 Å². The van der Waals surface area contributed by atoms with E-state index >= 15 is 0 Å². The fourth-order valence-electron chi connectivity index (χ4n) is 3.75. The number of carbonyl (C=O) groups is 2. The summed E-state index contributed by atoms with van der Waals surface area (Å²) in [6.07, 6.45) is 1.60. The molecule has 2 aliphatic rings. The van der Waals surface area contributed by atoms with Gasteiger partial charge in [-0.2, -0.15) is 0 Å². The number of hydrogen-bond donors (Lipinski definition) is 3. The van der Waals surface area contributed by atoms with E-state index in [0.717, 1.165) is 13.1 Å². The Morgan fingerprint density at radius 2 is 1.85 bits per heavy atom. The lowest BCUT2D eigenvalue weighted by Crippen LogP contribution is -2.51. The van der Waals surface area contributed by atoms with Crippen LogP contribution >= 0.6 is 0 Å². The lowest BCUT2D eigenvalue weighted by atomic mass is 10.1. The molecule has 1 saturated heterocycles. The van der Waals surface area contributed by atoms with Crippen molar-refractivity contribution in [3.8, 4) is 11.3 Å². The molecule has 1 fully saturated rings. The Kier molecular flexibility index (Phi) is 6.78. The summed E-state index contributed by atoms with van der Waals surface area (Å²) in [5.41, 5.74) is 1.07. The fourth-order valence-corrected chi connectivity index (χ4v) is 3.75. The molecule has 2 aromatic heterocycles. The van der Waals surface area contributed by atoms with Crippen molar-refractivity contribution >= 4 is 23.3 Å². The Balaban J connectivity index is 0.000000257. The number of nitrogens with zero attached hydrogens (tertiary/aromatic N) is 3. The lowest BCUT2D eigenvalue weighted by Gasteiger charge is -2.27. The number of halogens is 2. The monoisotopic (exact) mass is 466 g/mol. The smallest absolute Gasteiger partial charge is 0.255 e. The number of nitrogens with one attached hydrogen (secondary N) is 3. The highest BCUT2D eigenvalue weighted by molar-refractivity contribution is 6.04. The Labute approximate surface area is 195 Å². The first-order valence-electron chi connectivity index (χ1n) is 10.8. The maximum Gasteiger partial charge on any atom is 0.255 e. The summed E-state index contributed by atoms with van der Waals surface area (Å²) >= 11 is 0. The van der Waals surface area contributed by atoms with Crippen molar-refractivity contribution in [3.63, 3.8) is 0 Å². The van der Waals surface area contributed by atoms with Crippen LogP contribution in [0.2, 0.25) is 0 Å². The number of anilines is 2. The van der Waals surface area contributed by atoms with E-state index in [-0.39, 0.29) is 35.7 Å². The van der Waals surface area contributed by atoms with Crippen LogP contribution in [0.4, 0.5) is 20.3 Å². The van der Waals surface area contributed by atoms with Crippen molar-refractivity contribution in [2.24, 2.45) is 0 Å². The zero-order chi connectivity index (χ0) is 24.2. The van der Waals surface area contributed by atoms with E-state index in [4.69, 9.17) is 0 Å². The van der Waals surface area contributed by atoms with Crippen molar-refractivity contribution in [1.29, 1.82) is 0 Å². The van der Waals surface area contributed by atoms with Gasteiger partial charge in [0.1, 0.15) is 17.5 Å². The number of aromatic nitrogens is 2. The van der Waals surface area contributed by atoms with Gasteiger partial charge in [0.2, 0.25) is 5.91 Å². The second kappa shape index (κ2) is 9.92. The number of amides is 2. The van der Waals surface area contributed by atoms with Gasteiger partial charge in [-0.3, -0.25) is 9.59 Å². The van der Waals surface area contributed by atoms with E-state index in [1.165, 1.54) is 24.3 Å². The molecule has 3 N–H and O–H groups in total. The Morgan fingerprint density at radius 1 is 1.09 bits per heavy atom. The minimum absolute atomic E-state index is 0.0174. The van der Waals surface area contributed by atoms with Crippen LogP contribution in [0, 0.1) is 11.6 Å². The van der Waals surface area contributed by atoms with Gasteiger partial charge in [-0.1, -0.05) is 12.1 Å². The van der Waals surface area contributed by atoms with Crippen LogP contribution in [0.1, 0.15) is 23.0 Å². The number of likely N-dealkylation sites (N-methyl/N-ethyl adjacent to an activating group) is 1. The SMILES string of the molecule is CC1NCCN(C)C1=O.O=C1NCc2nc(-c3c(F)cccc3F)cc(Nc3ccccn3)c21. The van der Waals surface area contributed by atoms with Gasteiger partial charge in [0, 0.05) is 26.3 Å². The second-order valence-electron chi connectivity index (χ2n) is 7.93. The first-order chi connectivity index (χ1) is 16.3. The largest absolute Gasteiger partial charge is 0.346 e. The molecule has 3 aromatic rings. The van der Waals surface area contributed by atoms with Gasteiger partial charge in [0.05, 0.1) is 40.8 Å². The zero-order valence-corrected chi connectivity index (χ0v) is 18.7.